The molecule has 2 aliphatic carbocycles. The van der Waals surface area contributed by atoms with Crippen LogP contribution in [0.25, 0.3) is 5.76 Å². The maximum atomic E-state index is 13.6. The number of nitrogens with zero attached hydrogens (tertiary/aromatic N) is 2. The van der Waals surface area contributed by atoms with Crippen LogP contribution in [0.2, 0.25) is 0 Å². The van der Waals surface area contributed by atoms with Crippen molar-refractivity contribution < 1.29 is 9.53 Å². The third kappa shape index (κ3) is 2.53. The van der Waals surface area contributed by atoms with Crippen molar-refractivity contribution in [1.82, 2.24) is 0 Å². The number of rotatable bonds is 3. The van der Waals surface area contributed by atoms with Crippen molar-refractivity contribution in [1.29, 1.82) is 10.5 Å². The molecule has 4 heteroatoms. The number of aryl methyl sites for hydroxylation is 1. The van der Waals surface area contributed by atoms with Crippen molar-refractivity contribution in [3.8, 4) is 12.1 Å². The molecule has 1 fully saturated rings. The van der Waals surface area contributed by atoms with Gasteiger partial charge in [-0.25, -0.2) is 0 Å². The maximum Gasteiger partial charge on any atom is 0.170 e. The Kier molecular flexibility index (Phi) is 4.29. The zero-order valence-electron chi connectivity index (χ0n) is 14.8. The lowest BCUT2D eigenvalue weighted by atomic mass is 9.67. The fraction of sp³-hybridized carbons (Fsp3) is 0.500. The summed E-state index contributed by atoms with van der Waals surface area (Å²) in [5, 5.41) is 18.5. The zero-order chi connectivity index (χ0) is 18.1. The van der Waals surface area contributed by atoms with Gasteiger partial charge in [-0.1, -0.05) is 24.3 Å². The minimum atomic E-state index is -0.543. The standard InChI is InChI=1S/C22H22N2O2/c23-13-9-16(10-14-24)19-20(25)18-8-7-15-5-1-2-6-17(15)21(18)26-22(19)11-3-4-12-22/h1-2,5-6,16,19H,3-4,7-12H2/t19-/m1/s1. The minimum Gasteiger partial charge on any atom is -0.485 e. The lowest BCUT2D eigenvalue weighted by Crippen LogP contribution is -2.50. The normalized spacial score (nSPS) is 23.2. The summed E-state index contributed by atoms with van der Waals surface area (Å²) in [5.41, 5.74) is 2.51. The van der Waals surface area contributed by atoms with E-state index < -0.39 is 5.60 Å². The van der Waals surface area contributed by atoms with Gasteiger partial charge in [0.15, 0.2) is 5.78 Å². The molecule has 26 heavy (non-hydrogen) atoms. The first-order chi connectivity index (χ1) is 12.7. The number of hydrogen-bond donors (Lipinski definition) is 0. The summed E-state index contributed by atoms with van der Waals surface area (Å²) in [4.78, 5) is 13.6. The molecule has 1 aromatic rings. The van der Waals surface area contributed by atoms with E-state index >= 15 is 0 Å². The van der Waals surface area contributed by atoms with Gasteiger partial charge in [0.25, 0.3) is 0 Å². The SMILES string of the molecule is N#CCC(CC#N)[C@@H]1C(=O)C2=C(OC13CCCC3)c1ccccc1CC2. The summed E-state index contributed by atoms with van der Waals surface area (Å²) in [5.74, 6) is 0.274. The van der Waals surface area contributed by atoms with E-state index in [2.05, 4.69) is 18.2 Å². The van der Waals surface area contributed by atoms with E-state index in [1.165, 1.54) is 5.56 Å². The smallest absolute Gasteiger partial charge is 0.170 e. The lowest BCUT2D eigenvalue weighted by molar-refractivity contribution is -0.136. The van der Waals surface area contributed by atoms with Crippen LogP contribution in [0.3, 0.4) is 0 Å². The van der Waals surface area contributed by atoms with E-state index in [4.69, 9.17) is 4.74 Å². The average molecular weight is 346 g/mol. The molecule has 1 atom stereocenters. The number of ether oxygens (including phenoxy) is 1. The van der Waals surface area contributed by atoms with E-state index in [0.29, 0.717) is 6.42 Å². The highest BCUT2D eigenvalue weighted by atomic mass is 16.5. The van der Waals surface area contributed by atoms with Crippen LogP contribution in [0.5, 0.6) is 0 Å². The van der Waals surface area contributed by atoms with Gasteiger partial charge in [0.1, 0.15) is 11.4 Å². The second kappa shape index (κ2) is 6.61. The molecule has 0 aromatic heterocycles. The highest BCUT2D eigenvalue weighted by Crippen LogP contribution is 2.53. The summed E-state index contributed by atoms with van der Waals surface area (Å²) in [7, 11) is 0. The summed E-state index contributed by atoms with van der Waals surface area (Å²) < 4.78 is 6.66. The second-order valence-corrected chi connectivity index (χ2v) is 7.67. The quantitative estimate of drug-likeness (QED) is 0.817. The van der Waals surface area contributed by atoms with E-state index in [9.17, 15) is 15.3 Å². The molecule has 1 spiro atoms. The van der Waals surface area contributed by atoms with Gasteiger partial charge in [-0.15, -0.1) is 0 Å². The molecule has 1 aliphatic heterocycles. The van der Waals surface area contributed by atoms with Crippen molar-refractivity contribution >= 4 is 11.5 Å². The number of Topliss-reactive ketones (excluding diaryl/α,β-unsaturated/α-hetero) is 1. The Balaban J connectivity index is 1.82. The van der Waals surface area contributed by atoms with E-state index in [0.717, 1.165) is 49.0 Å². The van der Waals surface area contributed by atoms with Gasteiger partial charge in [0.2, 0.25) is 0 Å². The molecular formula is C22H22N2O2. The van der Waals surface area contributed by atoms with Crippen molar-refractivity contribution in [2.24, 2.45) is 11.8 Å². The Morgan fingerprint density at radius 1 is 1.12 bits per heavy atom. The molecule has 0 saturated heterocycles. The molecule has 0 amide bonds. The fourth-order valence-corrected chi connectivity index (χ4v) is 5.11. The number of hydrogen-bond acceptors (Lipinski definition) is 4. The van der Waals surface area contributed by atoms with E-state index in [-0.39, 0.29) is 30.5 Å². The maximum absolute atomic E-state index is 13.6. The largest absolute Gasteiger partial charge is 0.485 e. The predicted octanol–water partition coefficient (Wildman–Crippen LogP) is 4.32. The molecular weight excluding hydrogens is 324 g/mol. The molecule has 4 rings (SSSR count). The molecule has 1 heterocycles. The number of fused-ring (bicyclic) bond motifs is 2. The van der Waals surface area contributed by atoms with Gasteiger partial charge in [-0.05, 0) is 50.0 Å². The first-order valence-electron chi connectivity index (χ1n) is 9.49. The Bertz CT molecular complexity index is 834. The van der Waals surface area contributed by atoms with Crippen LogP contribution in [0, 0.1) is 34.5 Å². The number of carbonyl (C=O) groups is 1. The molecule has 0 N–H and O–H groups in total. The third-order valence-corrected chi connectivity index (χ3v) is 6.26. The summed E-state index contributed by atoms with van der Waals surface area (Å²) in [6.07, 6.45) is 5.70. The third-order valence-electron chi connectivity index (χ3n) is 6.26. The van der Waals surface area contributed by atoms with Crippen molar-refractivity contribution in [3.63, 3.8) is 0 Å². The highest BCUT2D eigenvalue weighted by molar-refractivity contribution is 6.06. The van der Waals surface area contributed by atoms with Gasteiger partial charge in [0, 0.05) is 24.0 Å². The Labute approximate surface area is 154 Å². The molecule has 0 radical (unpaired) electrons. The Morgan fingerprint density at radius 3 is 2.50 bits per heavy atom. The van der Waals surface area contributed by atoms with Crippen LogP contribution in [0.15, 0.2) is 29.8 Å². The molecule has 1 aromatic carbocycles. The Morgan fingerprint density at radius 2 is 1.81 bits per heavy atom. The van der Waals surface area contributed by atoms with Gasteiger partial charge in [-0.2, -0.15) is 10.5 Å². The van der Waals surface area contributed by atoms with Crippen LogP contribution < -0.4 is 0 Å². The number of carbonyl (C=O) groups excluding carboxylic acids is 1. The Hall–Kier alpha value is -2.59. The van der Waals surface area contributed by atoms with Crippen LogP contribution in [-0.2, 0) is 16.0 Å². The van der Waals surface area contributed by atoms with E-state index in [1.54, 1.807) is 0 Å². The van der Waals surface area contributed by atoms with Gasteiger partial charge in [0.05, 0.1) is 18.1 Å². The number of ketones is 1. The van der Waals surface area contributed by atoms with Crippen molar-refractivity contribution in [2.75, 3.05) is 0 Å². The van der Waals surface area contributed by atoms with Crippen molar-refractivity contribution in [2.45, 2.75) is 57.0 Å². The first-order valence-corrected chi connectivity index (χ1v) is 9.49. The molecule has 0 bridgehead atoms. The minimum absolute atomic E-state index is 0.123. The van der Waals surface area contributed by atoms with Crippen LogP contribution in [-0.4, -0.2) is 11.4 Å². The van der Waals surface area contributed by atoms with Crippen LogP contribution in [0.4, 0.5) is 0 Å². The zero-order valence-corrected chi connectivity index (χ0v) is 14.8. The van der Waals surface area contributed by atoms with Crippen LogP contribution in [0.1, 0.15) is 56.1 Å². The number of benzene rings is 1. The summed E-state index contributed by atoms with van der Waals surface area (Å²) >= 11 is 0. The van der Waals surface area contributed by atoms with Crippen LogP contribution >= 0.6 is 0 Å². The predicted molar refractivity (Wildman–Crippen MR) is 96.4 cm³/mol. The fourth-order valence-electron chi connectivity index (χ4n) is 5.11. The topological polar surface area (TPSA) is 73.9 Å². The number of allylic oxidation sites excluding steroid dienone is 1. The summed E-state index contributed by atoms with van der Waals surface area (Å²) in [6.45, 7) is 0. The highest BCUT2D eigenvalue weighted by Gasteiger charge is 2.55. The molecule has 132 valence electrons. The van der Waals surface area contributed by atoms with Gasteiger partial charge in [-0.3, -0.25) is 4.79 Å². The van der Waals surface area contributed by atoms with E-state index in [1.807, 2.05) is 18.2 Å². The molecule has 3 aliphatic rings. The second-order valence-electron chi connectivity index (χ2n) is 7.67. The number of nitriles is 2. The molecule has 1 saturated carbocycles. The van der Waals surface area contributed by atoms with Crippen molar-refractivity contribution in [3.05, 3.63) is 41.0 Å². The molecule has 4 nitrogen and oxygen atoms in total. The van der Waals surface area contributed by atoms with Gasteiger partial charge < -0.3 is 4.74 Å². The molecule has 0 unspecified atom stereocenters. The van der Waals surface area contributed by atoms with Gasteiger partial charge >= 0.3 is 0 Å². The lowest BCUT2D eigenvalue weighted by Gasteiger charge is -2.46. The first kappa shape index (κ1) is 16.9. The monoisotopic (exact) mass is 346 g/mol. The summed E-state index contributed by atoms with van der Waals surface area (Å²) in [6, 6.07) is 12.5. The average Bonchev–Trinajstić information content (AvgIpc) is 3.10.